The second kappa shape index (κ2) is 5.87. The molecule has 0 aliphatic carbocycles. The number of nitrogens with zero attached hydrogens (tertiary/aromatic N) is 3. The van der Waals surface area contributed by atoms with Crippen LogP contribution in [0.4, 0.5) is 15.8 Å². The summed E-state index contributed by atoms with van der Waals surface area (Å²) in [4.78, 5) is 10.3. The molecule has 0 unspecified atom stereocenters. The molecule has 2 aromatic rings. The topological polar surface area (TPSA) is 73.0 Å². The summed E-state index contributed by atoms with van der Waals surface area (Å²) in [7, 11) is 1.80. The Morgan fingerprint density at radius 2 is 2.30 bits per heavy atom. The summed E-state index contributed by atoms with van der Waals surface area (Å²) in [5.74, 6) is -0.697. The minimum Gasteiger partial charge on any atom is -0.379 e. The number of hydrogen-bond donors (Lipinski definition) is 1. The van der Waals surface area contributed by atoms with E-state index in [0.29, 0.717) is 13.0 Å². The molecule has 0 radical (unpaired) electrons. The van der Waals surface area contributed by atoms with Crippen molar-refractivity contribution in [2.75, 3.05) is 11.9 Å². The van der Waals surface area contributed by atoms with Gasteiger partial charge in [0.05, 0.1) is 15.6 Å². The maximum Gasteiger partial charge on any atom is 0.294 e. The van der Waals surface area contributed by atoms with Crippen LogP contribution in [0.5, 0.6) is 0 Å². The van der Waals surface area contributed by atoms with Crippen LogP contribution in [0.2, 0.25) is 5.02 Å². The van der Waals surface area contributed by atoms with E-state index in [0.717, 1.165) is 17.8 Å². The molecule has 20 heavy (non-hydrogen) atoms. The third-order valence-corrected chi connectivity index (χ3v) is 2.99. The Hall–Kier alpha value is -2.15. The SMILES string of the molecule is Cn1ccc(CCNc2cc(F)c(Cl)cc2[N+](=O)[O-])n1. The highest BCUT2D eigenvalue weighted by Crippen LogP contribution is 2.30. The minimum atomic E-state index is -0.697. The molecule has 0 aliphatic rings. The van der Waals surface area contributed by atoms with Gasteiger partial charge in [0, 0.05) is 38.3 Å². The van der Waals surface area contributed by atoms with Crippen LogP contribution >= 0.6 is 11.6 Å². The van der Waals surface area contributed by atoms with Gasteiger partial charge in [0.2, 0.25) is 0 Å². The quantitative estimate of drug-likeness (QED) is 0.680. The summed E-state index contributed by atoms with van der Waals surface area (Å²) in [6, 6.07) is 3.87. The van der Waals surface area contributed by atoms with E-state index in [1.54, 1.807) is 17.9 Å². The Labute approximate surface area is 119 Å². The lowest BCUT2D eigenvalue weighted by Gasteiger charge is -2.07. The number of halogens is 2. The van der Waals surface area contributed by atoms with E-state index in [1.165, 1.54) is 0 Å². The molecule has 0 atom stereocenters. The van der Waals surface area contributed by atoms with Crippen molar-refractivity contribution in [1.29, 1.82) is 0 Å². The Kier molecular flexibility index (Phi) is 4.19. The van der Waals surface area contributed by atoms with Crippen LogP contribution in [0.1, 0.15) is 5.69 Å². The average Bonchev–Trinajstić information content (AvgIpc) is 2.79. The van der Waals surface area contributed by atoms with Crippen LogP contribution in [0.3, 0.4) is 0 Å². The zero-order valence-corrected chi connectivity index (χ0v) is 11.4. The fourth-order valence-corrected chi connectivity index (χ4v) is 1.91. The number of nitrogens with one attached hydrogen (secondary N) is 1. The molecule has 1 aromatic carbocycles. The minimum absolute atomic E-state index is 0.104. The van der Waals surface area contributed by atoms with Gasteiger partial charge in [-0.1, -0.05) is 11.6 Å². The lowest BCUT2D eigenvalue weighted by atomic mass is 10.2. The zero-order chi connectivity index (χ0) is 14.7. The summed E-state index contributed by atoms with van der Waals surface area (Å²) in [6.45, 7) is 0.402. The van der Waals surface area contributed by atoms with Crippen molar-refractivity contribution in [3.8, 4) is 0 Å². The standard InChI is InChI=1S/C12H12ClFN4O2/c1-17-5-3-8(16-17)2-4-15-11-7-10(14)9(13)6-12(11)18(19)20/h3,5-7,15H,2,4H2,1H3. The molecule has 0 spiro atoms. The second-order valence-electron chi connectivity index (χ2n) is 4.20. The highest BCUT2D eigenvalue weighted by Gasteiger charge is 2.17. The van der Waals surface area contributed by atoms with E-state index < -0.39 is 10.7 Å². The first-order valence-corrected chi connectivity index (χ1v) is 6.21. The van der Waals surface area contributed by atoms with Crippen LogP contribution < -0.4 is 5.32 Å². The summed E-state index contributed by atoms with van der Waals surface area (Å²) in [5, 5.41) is 17.6. The molecule has 0 aliphatic heterocycles. The molecule has 0 amide bonds. The molecule has 2 rings (SSSR count). The Bertz CT molecular complexity index is 644. The van der Waals surface area contributed by atoms with Gasteiger partial charge >= 0.3 is 0 Å². The number of nitro groups is 1. The molecule has 106 valence electrons. The van der Waals surface area contributed by atoms with E-state index in [2.05, 4.69) is 10.4 Å². The van der Waals surface area contributed by atoms with Gasteiger partial charge in [-0.2, -0.15) is 5.10 Å². The average molecular weight is 299 g/mol. The van der Waals surface area contributed by atoms with E-state index in [-0.39, 0.29) is 16.4 Å². The predicted octanol–water partition coefficient (Wildman–Crippen LogP) is 2.78. The van der Waals surface area contributed by atoms with E-state index in [4.69, 9.17) is 11.6 Å². The molecule has 0 saturated carbocycles. The highest BCUT2D eigenvalue weighted by molar-refractivity contribution is 6.31. The number of hydrogen-bond acceptors (Lipinski definition) is 4. The Balaban J connectivity index is 2.08. The molecule has 0 bridgehead atoms. The van der Waals surface area contributed by atoms with Crippen molar-refractivity contribution in [2.45, 2.75) is 6.42 Å². The van der Waals surface area contributed by atoms with Gasteiger partial charge in [-0.05, 0) is 6.07 Å². The molecule has 1 heterocycles. The molecule has 1 aromatic heterocycles. The van der Waals surface area contributed by atoms with Crippen LogP contribution in [-0.2, 0) is 13.5 Å². The van der Waals surface area contributed by atoms with Crippen LogP contribution in [0.15, 0.2) is 24.4 Å². The lowest BCUT2D eigenvalue weighted by molar-refractivity contribution is -0.384. The van der Waals surface area contributed by atoms with Gasteiger partial charge in [0.15, 0.2) is 0 Å². The summed E-state index contributed by atoms with van der Waals surface area (Å²) >= 11 is 5.54. The zero-order valence-electron chi connectivity index (χ0n) is 10.6. The Morgan fingerprint density at radius 3 is 2.90 bits per heavy atom. The van der Waals surface area contributed by atoms with Gasteiger partial charge in [0.25, 0.3) is 5.69 Å². The number of aromatic nitrogens is 2. The lowest BCUT2D eigenvalue weighted by Crippen LogP contribution is -2.08. The van der Waals surface area contributed by atoms with Gasteiger partial charge in [-0.25, -0.2) is 4.39 Å². The van der Waals surface area contributed by atoms with E-state index >= 15 is 0 Å². The maximum absolute atomic E-state index is 13.4. The Morgan fingerprint density at radius 1 is 1.55 bits per heavy atom. The highest BCUT2D eigenvalue weighted by atomic mass is 35.5. The monoisotopic (exact) mass is 298 g/mol. The second-order valence-corrected chi connectivity index (χ2v) is 4.61. The number of anilines is 1. The number of aryl methyl sites for hydroxylation is 1. The van der Waals surface area contributed by atoms with Crippen molar-refractivity contribution >= 4 is 23.0 Å². The predicted molar refractivity (Wildman–Crippen MR) is 73.5 cm³/mol. The van der Waals surface area contributed by atoms with Crippen LogP contribution in [0.25, 0.3) is 0 Å². The van der Waals surface area contributed by atoms with Gasteiger partial charge in [0.1, 0.15) is 11.5 Å². The molecule has 8 heteroatoms. The summed E-state index contributed by atoms with van der Waals surface area (Å²) in [6.07, 6.45) is 2.38. The number of benzene rings is 1. The largest absolute Gasteiger partial charge is 0.379 e. The van der Waals surface area contributed by atoms with E-state index in [9.17, 15) is 14.5 Å². The van der Waals surface area contributed by atoms with Gasteiger partial charge in [-0.15, -0.1) is 0 Å². The van der Waals surface area contributed by atoms with Crippen molar-refractivity contribution in [3.63, 3.8) is 0 Å². The molecule has 1 N–H and O–H groups in total. The van der Waals surface area contributed by atoms with Crippen molar-refractivity contribution in [3.05, 3.63) is 51.0 Å². The molecule has 0 saturated heterocycles. The third-order valence-electron chi connectivity index (χ3n) is 2.70. The fourth-order valence-electron chi connectivity index (χ4n) is 1.75. The van der Waals surface area contributed by atoms with Crippen molar-refractivity contribution in [2.24, 2.45) is 7.05 Å². The van der Waals surface area contributed by atoms with Gasteiger partial charge < -0.3 is 5.32 Å². The third kappa shape index (κ3) is 3.24. The molecule has 0 fully saturated rings. The molecule has 6 nitrogen and oxygen atoms in total. The van der Waals surface area contributed by atoms with Gasteiger partial charge in [-0.3, -0.25) is 14.8 Å². The smallest absolute Gasteiger partial charge is 0.294 e. The van der Waals surface area contributed by atoms with E-state index in [1.807, 2.05) is 6.07 Å². The first kappa shape index (κ1) is 14.3. The summed E-state index contributed by atoms with van der Waals surface area (Å²) < 4.78 is 15.0. The summed E-state index contributed by atoms with van der Waals surface area (Å²) in [5.41, 5.74) is 0.697. The molecular weight excluding hydrogens is 287 g/mol. The maximum atomic E-state index is 13.4. The van der Waals surface area contributed by atoms with Crippen LogP contribution in [-0.4, -0.2) is 21.2 Å². The molecular formula is C12H12ClFN4O2. The van der Waals surface area contributed by atoms with Crippen LogP contribution in [0, 0.1) is 15.9 Å². The first-order valence-electron chi connectivity index (χ1n) is 5.83. The number of nitro benzene ring substituents is 1. The normalized spacial score (nSPS) is 10.6. The fraction of sp³-hybridized carbons (Fsp3) is 0.250. The number of rotatable bonds is 5. The first-order chi connectivity index (χ1) is 9.47. The van der Waals surface area contributed by atoms with Crippen molar-refractivity contribution in [1.82, 2.24) is 9.78 Å². The van der Waals surface area contributed by atoms with Crippen molar-refractivity contribution < 1.29 is 9.31 Å².